The van der Waals surface area contributed by atoms with E-state index in [-0.39, 0.29) is 23.5 Å². The molecule has 1 amide bonds. The Morgan fingerprint density at radius 1 is 1.06 bits per heavy atom. The van der Waals surface area contributed by atoms with E-state index in [1.54, 1.807) is 24.1 Å². The minimum absolute atomic E-state index is 0.0720. The number of carbonyl (C=O) groups is 1. The predicted octanol–water partition coefficient (Wildman–Crippen LogP) is 2.25. The molecule has 4 rings (SSSR count). The van der Waals surface area contributed by atoms with Gasteiger partial charge < -0.3 is 19.3 Å². The molecule has 2 aliphatic rings. The number of amides is 1. The molecule has 2 fully saturated rings. The maximum atomic E-state index is 12.8. The second-order valence-corrected chi connectivity index (χ2v) is 10.2. The van der Waals surface area contributed by atoms with Crippen LogP contribution in [0.3, 0.4) is 0 Å². The molecule has 178 valence electrons. The number of carbonyl (C=O) groups excluding carboxylic acids is 1. The molecule has 0 radical (unpaired) electrons. The van der Waals surface area contributed by atoms with Crippen molar-refractivity contribution in [1.82, 2.24) is 9.62 Å². The number of rotatable bonds is 8. The van der Waals surface area contributed by atoms with Gasteiger partial charge in [-0.25, -0.2) is 13.1 Å². The van der Waals surface area contributed by atoms with Gasteiger partial charge in [-0.15, -0.1) is 0 Å². The Labute approximate surface area is 195 Å². The first-order valence-corrected chi connectivity index (χ1v) is 12.8. The molecule has 0 bridgehead atoms. The van der Waals surface area contributed by atoms with Gasteiger partial charge in [0.2, 0.25) is 10.0 Å². The zero-order valence-corrected chi connectivity index (χ0v) is 19.7. The zero-order valence-electron chi connectivity index (χ0n) is 18.9. The van der Waals surface area contributed by atoms with Crippen LogP contribution < -0.4 is 9.62 Å². The third-order valence-electron chi connectivity index (χ3n) is 6.02. The molecule has 8 nitrogen and oxygen atoms in total. The summed E-state index contributed by atoms with van der Waals surface area (Å²) in [5.41, 5.74) is 2.63. The van der Waals surface area contributed by atoms with Crippen LogP contribution in [0.15, 0.2) is 53.4 Å². The number of nitrogens with zero attached hydrogens (tertiary/aromatic N) is 2. The summed E-state index contributed by atoms with van der Waals surface area (Å²) in [4.78, 5) is 16.9. The van der Waals surface area contributed by atoms with Crippen molar-refractivity contribution in [3.8, 4) is 0 Å². The SMILES string of the molecule is CN(Cc1ccc(N2CCOCC2)cc1)C(=O)c1ccc(S(=O)(=O)NCC2CCCO2)cc1. The Balaban J connectivity index is 1.33. The van der Waals surface area contributed by atoms with E-state index in [1.165, 1.54) is 12.1 Å². The lowest BCUT2D eigenvalue weighted by Crippen LogP contribution is -2.36. The molecule has 0 aromatic heterocycles. The monoisotopic (exact) mass is 473 g/mol. The van der Waals surface area contributed by atoms with Gasteiger partial charge in [0.05, 0.1) is 24.2 Å². The average Bonchev–Trinajstić information content (AvgIpc) is 3.37. The first-order chi connectivity index (χ1) is 15.9. The summed E-state index contributed by atoms with van der Waals surface area (Å²) in [5.74, 6) is -0.163. The second-order valence-electron chi connectivity index (χ2n) is 8.44. The highest BCUT2D eigenvalue weighted by atomic mass is 32.2. The van der Waals surface area contributed by atoms with Crippen LogP contribution in [0, 0.1) is 0 Å². The molecule has 0 spiro atoms. The fourth-order valence-corrected chi connectivity index (χ4v) is 5.13. The number of ether oxygens (including phenoxy) is 2. The number of morpholine rings is 1. The molecule has 1 unspecified atom stereocenters. The van der Waals surface area contributed by atoms with Crippen LogP contribution in [0.4, 0.5) is 5.69 Å². The molecule has 2 heterocycles. The fraction of sp³-hybridized carbons (Fsp3) is 0.458. The highest BCUT2D eigenvalue weighted by Gasteiger charge is 2.21. The van der Waals surface area contributed by atoms with E-state index in [2.05, 4.69) is 21.8 Å². The summed E-state index contributed by atoms with van der Waals surface area (Å²) in [7, 11) is -1.90. The van der Waals surface area contributed by atoms with E-state index < -0.39 is 10.0 Å². The second kappa shape index (κ2) is 10.6. The van der Waals surface area contributed by atoms with Crippen LogP contribution in [0.5, 0.6) is 0 Å². The number of hydrogen-bond donors (Lipinski definition) is 1. The van der Waals surface area contributed by atoms with Gasteiger partial charge >= 0.3 is 0 Å². The van der Waals surface area contributed by atoms with Gasteiger partial charge in [-0.3, -0.25) is 4.79 Å². The molecule has 1 N–H and O–H groups in total. The van der Waals surface area contributed by atoms with Crippen LogP contribution in [-0.4, -0.2) is 71.8 Å². The van der Waals surface area contributed by atoms with Gasteiger partial charge in [-0.2, -0.15) is 0 Å². The highest BCUT2D eigenvalue weighted by Crippen LogP contribution is 2.19. The Morgan fingerprint density at radius 3 is 2.39 bits per heavy atom. The number of benzene rings is 2. The molecule has 2 aromatic carbocycles. The van der Waals surface area contributed by atoms with Gasteiger partial charge in [0, 0.05) is 51.1 Å². The Hall–Kier alpha value is -2.46. The van der Waals surface area contributed by atoms with Crippen LogP contribution >= 0.6 is 0 Å². The van der Waals surface area contributed by atoms with Crippen molar-refractivity contribution in [2.24, 2.45) is 0 Å². The minimum Gasteiger partial charge on any atom is -0.378 e. The quantitative estimate of drug-likeness (QED) is 0.633. The van der Waals surface area contributed by atoms with Crippen molar-refractivity contribution in [1.29, 1.82) is 0 Å². The van der Waals surface area contributed by atoms with Crippen LogP contribution in [0.1, 0.15) is 28.8 Å². The molecule has 0 aliphatic carbocycles. The van der Waals surface area contributed by atoms with Gasteiger partial charge in [-0.05, 0) is 54.8 Å². The van der Waals surface area contributed by atoms with Crippen molar-refractivity contribution >= 4 is 21.6 Å². The summed E-state index contributed by atoms with van der Waals surface area (Å²) >= 11 is 0. The molecule has 9 heteroatoms. The van der Waals surface area contributed by atoms with Gasteiger partial charge in [0.15, 0.2) is 0 Å². The van der Waals surface area contributed by atoms with Crippen LogP contribution in [-0.2, 0) is 26.0 Å². The minimum atomic E-state index is -3.64. The van der Waals surface area contributed by atoms with E-state index in [9.17, 15) is 13.2 Å². The molecular weight excluding hydrogens is 442 g/mol. The summed E-state index contributed by atoms with van der Waals surface area (Å²) in [6.07, 6.45) is 1.74. The summed E-state index contributed by atoms with van der Waals surface area (Å²) < 4.78 is 38.5. The summed E-state index contributed by atoms with van der Waals surface area (Å²) in [6.45, 7) is 4.64. The van der Waals surface area contributed by atoms with Crippen molar-refractivity contribution in [3.05, 3.63) is 59.7 Å². The predicted molar refractivity (Wildman–Crippen MR) is 126 cm³/mol. The highest BCUT2D eigenvalue weighted by molar-refractivity contribution is 7.89. The lowest BCUT2D eigenvalue weighted by molar-refractivity contribution is 0.0785. The number of nitrogens with one attached hydrogen (secondary N) is 1. The third-order valence-corrected chi connectivity index (χ3v) is 7.46. The number of hydrogen-bond acceptors (Lipinski definition) is 6. The Bertz CT molecular complexity index is 1030. The van der Waals surface area contributed by atoms with Crippen LogP contribution in [0.25, 0.3) is 0 Å². The molecule has 33 heavy (non-hydrogen) atoms. The standard InChI is InChI=1S/C24H31N3O5S/c1-26(18-19-4-8-21(9-5-19)27-12-15-31-16-13-27)24(28)20-6-10-23(11-7-20)33(29,30)25-17-22-3-2-14-32-22/h4-11,22,25H,2-3,12-18H2,1H3. The Kier molecular flexibility index (Phi) is 7.64. The average molecular weight is 474 g/mol. The van der Waals surface area contributed by atoms with Crippen LogP contribution in [0.2, 0.25) is 0 Å². The maximum absolute atomic E-state index is 12.8. The first kappa shape index (κ1) is 23.7. The molecule has 2 aromatic rings. The number of anilines is 1. The number of sulfonamides is 1. The van der Waals surface area contributed by atoms with Crippen molar-refractivity contribution in [2.75, 3.05) is 51.4 Å². The fourth-order valence-electron chi connectivity index (χ4n) is 4.07. The lowest BCUT2D eigenvalue weighted by atomic mass is 10.1. The first-order valence-electron chi connectivity index (χ1n) is 11.3. The molecular formula is C24H31N3O5S. The van der Waals surface area contributed by atoms with E-state index in [0.717, 1.165) is 50.4 Å². The van der Waals surface area contributed by atoms with Crippen molar-refractivity contribution in [3.63, 3.8) is 0 Å². The van der Waals surface area contributed by atoms with Gasteiger partial charge in [0.1, 0.15) is 0 Å². The topological polar surface area (TPSA) is 88.2 Å². The van der Waals surface area contributed by atoms with Crippen molar-refractivity contribution < 1.29 is 22.7 Å². The van der Waals surface area contributed by atoms with E-state index in [1.807, 2.05) is 12.1 Å². The zero-order chi connectivity index (χ0) is 23.3. The smallest absolute Gasteiger partial charge is 0.253 e. The Morgan fingerprint density at radius 2 is 1.76 bits per heavy atom. The third kappa shape index (κ3) is 6.11. The normalized spacial score (nSPS) is 18.9. The van der Waals surface area contributed by atoms with Crippen molar-refractivity contribution in [2.45, 2.75) is 30.4 Å². The molecule has 0 saturated carbocycles. The van der Waals surface area contributed by atoms with Gasteiger partial charge in [0.25, 0.3) is 5.91 Å². The summed E-state index contributed by atoms with van der Waals surface area (Å²) in [6, 6.07) is 14.3. The lowest BCUT2D eigenvalue weighted by Gasteiger charge is -2.29. The van der Waals surface area contributed by atoms with Gasteiger partial charge in [-0.1, -0.05) is 12.1 Å². The largest absolute Gasteiger partial charge is 0.378 e. The van der Waals surface area contributed by atoms with E-state index in [0.29, 0.717) is 18.7 Å². The maximum Gasteiger partial charge on any atom is 0.253 e. The molecule has 2 aliphatic heterocycles. The summed E-state index contributed by atoms with van der Waals surface area (Å²) in [5, 5.41) is 0. The van der Waals surface area contributed by atoms with E-state index in [4.69, 9.17) is 9.47 Å². The molecule has 2 saturated heterocycles. The molecule has 1 atom stereocenters. The van der Waals surface area contributed by atoms with E-state index >= 15 is 0 Å².